The summed E-state index contributed by atoms with van der Waals surface area (Å²) in [4.78, 5) is 33.0. The van der Waals surface area contributed by atoms with E-state index in [4.69, 9.17) is 0 Å². The smallest absolute Gasteiger partial charge is 0.335 e. The molecule has 0 spiro atoms. The van der Waals surface area contributed by atoms with Gasteiger partial charge in [0.25, 0.3) is 5.56 Å². The van der Waals surface area contributed by atoms with E-state index in [1.165, 1.54) is 24.3 Å². The fraction of sp³-hybridized carbons (Fsp3) is 0.182. The molecule has 0 bridgehead atoms. The molecule has 1 aliphatic heterocycles. The van der Waals surface area contributed by atoms with Gasteiger partial charge in [-0.05, 0) is 49.4 Å². The van der Waals surface area contributed by atoms with Crippen molar-refractivity contribution < 1.29 is 9.50 Å². The zero-order valence-electron chi connectivity index (χ0n) is 16.1. The molecular weight excluding hydrogens is 387 g/mol. The van der Waals surface area contributed by atoms with Crippen LogP contribution in [0.3, 0.4) is 0 Å². The topological polar surface area (TPSA) is 94.1 Å². The summed E-state index contributed by atoms with van der Waals surface area (Å²) in [6, 6.07) is 12.4. The molecule has 1 atom stereocenters. The van der Waals surface area contributed by atoms with Crippen molar-refractivity contribution in [2.24, 2.45) is 0 Å². The van der Waals surface area contributed by atoms with Crippen LogP contribution < -0.4 is 11.2 Å². The van der Waals surface area contributed by atoms with Gasteiger partial charge in [-0.15, -0.1) is 0 Å². The van der Waals surface area contributed by atoms with Crippen molar-refractivity contribution in [1.29, 1.82) is 0 Å². The molecule has 2 aromatic heterocycles. The van der Waals surface area contributed by atoms with E-state index >= 15 is 0 Å². The van der Waals surface area contributed by atoms with Gasteiger partial charge in [-0.3, -0.25) is 14.7 Å². The van der Waals surface area contributed by atoms with Gasteiger partial charge in [-0.25, -0.2) is 13.8 Å². The zero-order chi connectivity index (χ0) is 21.0. The molecular formula is C22H19FN4O3. The van der Waals surface area contributed by atoms with Gasteiger partial charge in [0.15, 0.2) is 0 Å². The number of hydrogen-bond acceptors (Lipinski definition) is 4. The van der Waals surface area contributed by atoms with Gasteiger partial charge < -0.3 is 10.1 Å². The average Bonchev–Trinajstić information content (AvgIpc) is 3.09. The number of hydrogen-bond donors (Lipinski definition) is 3. The average molecular weight is 406 g/mol. The van der Waals surface area contributed by atoms with Crippen LogP contribution >= 0.6 is 0 Å². The molecule has 0 amide bonds. The Labute approximate surface area is 170 Å². The number of rotatable bonds is 2. The van der Waals surface area contributed by atoms with Crippen LogP contribution in [0.1, 0.15) is 22.9 Å². The normalized spacial score (nSPS) is 16.7. The predicted molar refractivity (Wildman–Crippen MR) is 111 cm³/mol. The SMILES string of the molecule is CN1CCc2c([nH]c3ccccc23)[C@H]1c1c(O)n(-c2ccc(F)cc2)c(=O)[nH]c1=O. The fourth-order valence-electron chi connectivity index (χ4n) is 4.34. The lowest BCUT2D eigenvalue weighted by molar-refractivity contribution is 0.252. The molecule has 1 aliphatic rings. The molecule has 3 heterocycles. The third-order valence-electron chi connectivity index (χ3n) is 5.75. The number of aromatic amines is 2. The highest BCUT2D eigenvalue weighted by Crippen LogP contribution is 2.38. The van der Waals surface area contributed by atoms with E-state index in [0.717, 1.165) is 33.1 Å². The van der Waals surface area contributed by atoms with Crippen molar-refractivity contribution in [3.8, 4) is 11.6 Å². The van der Waals surface area contributed by atoms with Crippen LogP contribution in [-0.4, -0.2) is 38.1 Å². The van der Waals surface area contributed by atoms with Gasteiger partial charge in [0.05, 0.1) is 11.7 Å². The minimum absolute atomic E-state index is 0.0638. The summed E-state index contributed by atoms with van der Waals surface area (Å²) in [5.41, 5.74) is 1.73. The standard InChI is InChI=1S/C22H19FN4O3/c1-26-11-10-15-14-4-2-3-5-16(14)24-18(15)19(26)17-20(28)25-22(30)27(21(17)29)13-8-6-12(23)7-9-13/h2-9,19,24,29H,10-11H2,1H3,(H,25,28,30)/t19-/m1/s1. The van der Waals surface area contributed by atoms with Crippen LogP contribution in [0, 0.1) is 5.82 Å². The maximum absolute atomic E-state index is 13.3. The first kappa shape index (κ1) is 18.4. The van der Waals surface area contributed by atoms with Crippen molar-refractivity contribution in [3.05, 3.63) is 92.0 Å². The van der Waals surface area contributed by atoms with Crippen molar-refractivity contribution in [1.82, 2.24) is 19.4 Å². The number of para-hydroxylation sites is 1. The number of fused-ring (bicyclic) bond motifs is 3. The van der Waals surface area contributed by atoms with Gasteiger partial charge in [0.2, 0.25) is 5.88 Å². The molecule has 7 nitrogen and oxygen atoms in total. The Hall–Kier alpha value is -3.65. The highest BCUT2D eigenvalue weighted by molar-refractivity contribution is 5.85. The van der Waals surface area contributed by atoms with Crippen LogP contribution in [0.2, 0.25) is 0 Å². The van der Waals surface area contributed by atoms with E-state index < -0.39 is 29.0 Å². The maximum Gasteiger partial charge on any atom is 0.335 e. The molecule has 0 saturated heterocycles. The van der Waals surface area contributed by atoms with E-state index in [1.54, 1.807) is 0 Å². The zero-order valence-corrected chi connectivity index (χ0v) is 16.1. The van der Waals surface area contributed by atoms with Crippen molar-refractivity contribution in [2.75, 3.05) is 13.6 Å². The lowest BCUT2D eigenvalue weighted by atomic mass is 9.94. The number of halogens is 1. The molecule has 0 aliphatic carbocycles. The lowest BCUT2D eigenvalue weighted by Gasteiger charge is -2.33. The molecule has 0 fully saturated rings. The fourth-order valence-corrected chi connectivity index (χ4v) is 4.34. The molecule has 0 radical (unpaired) electrons. The van der Waals surface area contributed by atoms with Gasteiger partial charge in [-0.2, -0.15) is 0 Å². The molecule has 3 N–H and O–H groups in total. The van der Waals surface area contributed by atoms with E-state index in [-0.39, 0.29) is 11.3 Å². The van der Waals surface area contributed by atoms with Crippen molar-refractivity contribution >= 4 is 10.9 Å². The van der Waals surface area contributed by atoms with E-state index in [1.807, 2.05) is 36.2 Å². The summed E-state index contributed by atoms with van der Waals surface area (Å²) in [6.07, 6.45) is 0.794. The third-order valence-corrected chi connectivity index (χ3v) is 5.75. The van der Waals surface area contributed by atoms with Crippen LogP contribution in [0.25, 0.3) is 16.6 Å². The summed E-state index contributed by atoms with van der Waals surface area (Å²) >= 11 is 0. The number of nitrogens with zero attached hydrogens (tertiary/aromatic N) is 2. The lowest BCUT2D eigenvalue weighted by Crippen LogP contribution is -2.39. The molecule has 30 heavy (non-hydrogen) atoms. The number of nitrogens with one attached hydrogen (secondary N) is 2. The summed E-state index contributed by atoms with van der Waals surface area (Å²) in [6.45, 7) is 0.675. The number of aromatic hydroxyl groups is 1. The second-order valence-electron chi connectivity index (χ2n) is 7.50. The Morgan fingerprint density at radius 1 is 1.07 bits per heavy atom. The van der Waals surface area contributed by atoms with Crippen molar-refractivity contribution in [2.45, 2.75) is 12.5 Å². The number of benzene rings is 2. The number of aromatic nitrogens is 3. The summed E-state index contributed by atoms with van der Waals surface area (Å²) in [5, 5.41) is 12.1. The highest BCUT2D eigenvalue weighted by Gasteiger charge is 2.34. The Morgan fingerprint density at radius 3 is 2.57 bits per heavy atom. The molecule has 4 aromatic rings. The second kappa shape index (κ2) is 6.70. The van der Waals surface area contributed by atoms with E-state index in [9.17, 15) is 19.1 Å². The van der Waals surface area contributed by atoms with E-state index in [2.05, 4.69) is 9.97 Å². The van der Waals surface area contributed by atoms with Crippen LogP contribution in [0.15, 0.2) is 58.1 Å². The first-order valence-electron chi connectivity index (χ1n) is 9.59. The van der Waals surface area contributed by atoms with Crippen LogP contribution in [0.4, 0.5) is 4.39 Å². The monoisotopic (exact) mass is 406 g/mol. The summed E-state index contributed by atoms with van der Waals surface area (Å²) in [5.74, 6) is -0.926. The molecule has 152 valence electrons. The van der Waals surface area contributed by atoms with Crippen LogP contribution in [0.5, 0.6) is 5.88 Å². The van der Waals surface area contributed by atoms with E-state index in [0.29, 0.717) is 6.54 Å². The first-order valence-corrected chi connectivity index (χ1v) is 9.59. The van der Waals surface area contributed by atoms with Gasteiger partial charge in [0, 0.05) is 23.1 Å². The quantitative estimate of drug-likeness (QED) is 0.477. The Kier molecular flexibility index (Phi) is 4.11. The highest BCUT2D eigenvalue weighted by atomic mass is 19.1. The Balaban J connectivity index is 1.77. The Bertz CT molecular complexity index is 1380. The van der Waals surface area contributed by atoms with Gasteiger partial charge >= 0.3 is 5.69 Å². The molecule has 0 saturated carbocycles. The predicted octanol–water partition coefficient (Wildman–Crippen LogP) is 2.43. The summed E-state index contributed by atoms with van der Waals surface area (Å²) < 4.78 is 14.3. The number of likely N-dealkylation sites (N-methyl/N-ethyl adjacent to an activating group) is 1. The van der Waals surface area contributed by atoms with Gasteiger partial charge in [0.1, 0.15) is 11.4 Å². The molecule has 2 aromatic carbocycles. The van der Waals surface area contributed by atoms with Crippen molar-refractivity contribution in [3.63, 3.8) is 0 Å². The Morgan fingerprint density at radius 2 is 1.80 bits per heavy atom. The molecule has 5 rings (SSSR count). The molecule has 8 heteroatoms. The minimum Gasteiger partial charge on any atom is -0.494 e. The summed E-state index contributed by atoms with van der Waals surface area (Å²) in [7, 11) is 1.87. The number of H-pyrrole nitrogens is 2. The minimum atomic E-state index is -0.789. The van der Waals surface area contributed by atoms with Gasteiger partial charge in [-0.1, -0.05) is 18.2 Å². The largest absolute Gasteiger partial charge is 0.494 e. The second-order valence-corrected chi connectivity index (χ2v) is 7.50. The van der Waals surface area contributed by atoms with Crippen LogP contribution in [-0.2, 0) is 6.42 Å². The molecule has 0 unspecified atom stereocenters. The first-order chi connectivity index (χ1) is 14.5. The maximum atomic E-state index is 13.3. The third kappa shape index (κ3) is 2.68.